The van der Waals surface area contributed by atoms with Gasteiger partial charge in [0.25, 0.3) is 0 Å². The van der Waals surface area contributed by atoms with Gasteiger partial charge in [0.05, 0.1) is 12.0 Å². The molecule has 4 rings (SSSR count). The fraction of sp³-hybridized carbons (Fsp3) is 0.389. The van der Waals surface area contributed by atoms with Gasteiger partial charge in [-0.1, -0.05) is 24.2 Å². The molecule has 0 spiro atoms. The minimum absolute atomic E-state index is 0.265. The second-order valence-electron chi connectivity index (χ2n) is 6.23. The Hall–Kier alpha value is -2.54. The number of aromatic nitrogens is 4. The second-order valence-corrected chi connectivity index (χ2v) is 6.23. The van der Waals surface area contributed by atoms with Gasteiger partial charge < -0.3 is 13.8 Å². The van der Waals surface area contributed by atoms with Crippen molar-refractivity contribution in [1.29, 1.82) is 0 Å². The van der Waals surface area contributed by atoms with Gasteiger partial charge in [-0.3, -0.25) is 0 Å². The number of benzene rings is 1. The van der Waals surface area contributed by atoms with Crippen LogP contribution in [0.15, 0.2) is 41.2 Å². The maximum Gasteiger partial charge on any atom is 0.246 e. The lowest BCUT2D eigenvalue weighted by atomic mass is 9.79. The van der Waals surface area contributed by atoms with Crippen LogP contribution in [0.3, 0.4) is 0 Å². The molecule has 25 heavy (non-hydrogen) atoms. The topological polar surface area (TPSA) is 66.0 Å². The summed E-state index contributed by atoms with van der Waals surface area (Å²) in [6, 6.07) is 6.45. The van der Waals surface area contributed by atoms with Crippen LogP contribution in [0.2, 0.25) is 0 Å². The summed E-state index contributed by atoms with van der Waals surface area (Å²) < 4.78 is 26.4. The Morgan fingerprint density at radius 2 is 2.12 bits per heavy atom. The van der Waals surface area contributed by atoms with E-state index >= 15 is 0 Å². The highest BCUT2D eigenvalue weighted by atomic mass is 19.1. The Morgan fingerprint density at radius 1 is 1.28 bits per heavy atom. The molecule has 1 aliphatic rings. The summed E-state index contributed by atoms with van der Waals surface area (Å²) in [6.07, 6.45) is 5.24. The predicted molar refractivity (Wildman–Crippen MR) is 87.6 cm³/mol. The molecule has 1 unspecified atom stereocenters. The molecule has 2 aromatic heterocycles. The maximum absolute atomic E-state index is 13.3. The smallest absolute Gasteiger partial charge is 0.246 e. The van der Waals surface area contributed by atoms with E-state index in [-0.39, 0.29) is 5.82 Å². The lowest BCUT2D eigenvalue weighted by Gasteiger charge is -2.23. The predicted octanol–water partition coefficient (Wildman–Crippen LogP) is 2.72. The molecule has 1 fully saturated rings. The minimum atomic E-state index is -0.488. The van der Waals surface area contributed by atoms with E-state index in [0.29, 0.717) is 31.5 Å². The minimum Gasteiger partial charge on any atom is -0.380 e. The van der Waals surface area contributed by atoms with Gasteiger partial charge in [-0.05, 0) is 24.1 Å². The monoisotopic (exact) mass is 342 g/mol. The van der Waals surface area contributed by atoms with E-state index in [1.807, 2.05) is 10.8 Å². The van der Waals surface area contributed by atoms with Gasteiger partial charge in [-0.25, -0.2) is 9.37 Å². The average Bonchev–Trinajstić information content (AvgIpc) is 3.36. The molecule has 3 heterocycles. The largest absolute Gasteiger partial charge is 0.380 e. The van der Waals surface area contributed by atoms with Crippen molar-refractivity contribution in [1.82, 2.24) is 19.7 Å². The summed E-state index contributed by atoms with van der Waals surface area (Å²) in [5.41, 5.74) is 0.452. The van der Waals surface area contributed by atoms with Crippen LogP contribution >= 0.6 is 0 Å². The molecular formula is C18H19FN4O2. The summed E-state index contributed by atoms with van der Waals surface area (Å²) in [5, 5.41) is 4.21. The van der Waals surface area contributed by atoms with Crippen molar-refractivity contribution >= 4 is 0 Å². The summed E-state index contributed by atoms with van der Waals surface area (Å²) >= 11 is 0. The van der Waals surface area contributed by atoms with Crippen LogP contribution in [0.5, 0.6) is 0 Å². The summed E-state index contributed by atoms with van der Waals surface area (Å²) in [5.74, 6) is 1.82. The van der Waals surface area contributed by atoms with Crippen LogP contribution in [-0.4, -0.2) is 32.9 Å². The number of aryl methyl sites for hydroxylation is 1. The summed E-state index contributed by atoms with van der Waals surface area (Å²) in [4.78, 5) is 8.92. The average molecular weight is 342 g/mol. The van der Waals surface area contributed by atoms with Crippen LogP contribution in [0.4, 0.5) is 4.39 Å². The summed E-state index contributed by atoms with van der Waals surface area (Å²) in [6.45, 7) is 3.61. The molecule has 0 saturated carbocycles. The van der Waals surface area contributed by atoms with Gasteiger partial charge in [0, 0.05) is 25.4 Å². The van der Waals surface area contributed by atoms with Crippen LogP contribution in [-0.2, 0) is 23.1 Å². The van der Waals surface area contributed by atoms with Gasteiger partial charge in [0.2, 0.25) is 5.89 Å². The zero-order chi connectivity index (χ0) is 17.3. The van der Waals surface area contributed by atoms with Crippen LogP contribution in [0.1, 0.15) is 36.4 Å². The third-order valence-electron chi connectivity index (χ3n) is 4.74. The number of hydrogen-bond acceptors (Lipinski definition) is 5. The summed E-state index contributed by atoms with van der Waals surface area (Å²) in [7, 11) is 0. The first-order valence-corrected chi connectivity index (χ1v) is 8.38. The highest BCUT2D eigenvalue weighted by Crippen LogP contribution is 2.38. The van der Waals surface area contributed by atoms with E-state index in [1.54, 1.807) is 18.3 Å². The number of halogens is 1. The molecule has 1 atom stereocenters. The molecule has 1 aliphatic heterocycles. The first-order valence-electron chi connectivity index (χ1n) is 8.38. The SMILES string of the molecule is CCc1nccn1Cc1nc(C2(c3ccc(F)cc3)CCOC2)no1. The zero-order valence-electron chi connectivity index (χ0n) is 14.0. The van der Waals surface area contributed by atoms with E-state index in [9.17, 15) is 4.39 Å². The zero-order valence-corrected chi connectivity index (χ0v) is 14.0. The van der Waals surface area contributed by atoms with E-state index < -0.39 is 5.41 Å². The first kappa shape index (κ1) is 16.0. The fourth-order valence-electron chi connectivity index (χ4n) is 3.32. The third kappa shape index (κ3) is 2.84. The molecule has 0 radical (unpaired) electrons. The number of imidazole rings is 1. The van der Waals surface area contributed by atoms with Crippen molar-refractivity contribution in [3.8, 4) is 0 Å². The quantitative estimate of drug-likeness (QED) is 0.713. The number of rotatable bonds is 5. The van der Waals surface area contributed by atoms with E-state index in [1.165, 1.54) is 12.1 Å². The Kier molecular flexibility index (Phi) is 4.09. The van der Waals surface area contributed by atoms with Crippen LogP contribution in [0.25, 0.3) is 0 Å². The molecule has 1 aromatic carbocycles. The molecule has 0 N–H and O–H groups in total. The van der Waals surface area contributed by atoms with E-state index in [4.69, 9.17) is 9.26 Å². The Labute approximate surface area is 144 Å². The lowest BCUT2D eigenvalue weighted by Crippen LogP contribution is -2.29. The highest BCUT2D eigenvalue weighted by Gasteiger charge is 2.42. The van der Waals surface area contributed by atoms with E-state index in [0.717, 1.165) is 24.2 Å². The van der Waals surface area contributed by atoms with Crippen molar-refractivity contribution in [2.75, 3.05) is 13.2 Å². The lowest BCUT2D eigenvalue weighted by molar-refractivity contribution is 0.182. The molecule has 130 valence electrons. The van der Waals surface area contributed by atoms with Crippen molar-refractivity contribution in [2.45, 2.75) is 31.7 Å². The Morgan fingerprint density at radius 3 is 2.84 bits per heavy atom. The molecule has 0 bridgehead atoms. The normalized spacial score (nSPS) is 20.2. The maximum atomic E-state index is 13.3. The van der Waals surface area contributed by atoms with Crippen molar-refractivity contribution in [3.05, 3.63) is 65.6 Å². The molecule has 7 heteroatoms. The molecule has 1 saturated heterocycles. The van der Waals surface area contributed by atoms with Crippen LogP contribution < -0.4 is 0 Å². The van der Waals surface area contributed by atoms with Crippen molar-refractivity contribution in [2.24, 2.45) is 0 Å². The van der Waals surface area contributed by atoms with Gasteiger partial charge in [-0.2, -0.15) is 4.98 Å². The number of hydrogen-bond donors (Lipinski definition) is 0. The van der Waals surface area contributed by atoms with Gasteiger partial charge in [0.15, 0.2) is 5.82 Å². The number of ether oxygens (including phenoxy) is 1. The van der Waals surface area contributed by atoms with Crippen molar-refractivity contribution < 1.29 is 13.7 Å². The van der Waals surface area contributed by atoms with Gasteiger partial charge in [-0.15, -0.1) is 0 Å². The van der Waals surface area contributed by atoms with Gasteiger partial charge >= 0.3 is 0 Å². The standard InChI is InChI=1S/C18H19FN4O2/c1-2-15-20-8-9-23(15)11-16-21-17(22-25-16)18(7-10-24-12-18)13-3-5-14(19)6-4-13/h3-6,8-9H,2,7,10-12H2,1H3. The third-order valence-corrected chi connectivity index (χ3v) is 4.74. The molecular weight excluding hydrogens is 323 g/mol. The molecule has 0 aliphatic carbocycles. The molecule has 0 amide bonds. The fourth-order valence-corrected chi connectivity index (χ4v) is 3.32. The van der Waals surface area contributed by atoms with Crippen molar-refractivity contribution in [3.63, 3.8) is 0 Å². The Balaban J connectivity index is 1.65. The first-order chi connectivity index (χ1) is 12.2. The Bertz CT molecular complexity index is 850. The van der Waals surface area contributed by atoms with Gasteiger partial charge in [0.1, 0.15) is 18.2 Å². The second kappa shape index (κ2) is 6.40. The molecule has 3 aromatic rings. The van der Waals surface area contributed by atoms with E-state index in [2.05, 4.69) is 22.0 Å². The number of nitrogens with zero attached hydrogens (tertiary/aromatic N) is 4. The molecule has 6 nitrogen and oxygen atoms in total. The highest BCUT2D eigenvalue weighted by molar-refractivity contribution is 5.34. The van der Waals surface area contributed by atoms with Crippen LogP contribution in [0, 0.1) is 5.82 Å².